The predicted molar refractivity (Wildman–Crippen MR) is 75.0 cm³/mol. The van der Waals surface area contributed by atoms with Gasteiger partial charge in [0.1, 0.15) is 5.15 Å². The largest absolute Gasteiger partial charge is 0.322 e. The minimum Gasteiger partial charge on any atom is -0.322 e. The molecule has 0 bridgehead atoms. The van der Waals surface area contributed by atoms with Crippen LogP contribution in [-0.2, 0) is 0 Å². The number of nitro groups is 1. The molecule has 0 saturated carbocycles. The molecule has 20 heavy (non-hydrogen) atoms. The van der Waals surface area contributed by atoms with E-state index in [2.05, 4.69) is 10.3 Å². The molecule has 0 aliphatic carbocycles. The fourth-order valence-electron chi connectivity index (χ4n) is 1.69. The predicted octanol–water partition coefficient (Wildman–Crippen LogP) is 3.20. The molecule has 1 N–H and O–H groups in total. The van der Waals surface area contributed by atoms with Gasteiger partial charge in [0.05, 0.1) is 4.92 Å². The Bertz CT molecular complexity index is 688. The Balaban J connectivity index is 2.23. The van der Waals surface area contributed by atoms with Crippen molar-refractivity contribution in [2.24, 2.45) is 0 Å². The molecule has 2 rings (SSSR count). The van der Waals surface area contributed by atoms with Gasteiger partial charge in [-0.05, 0) is 30.7 Å². The number of hydrogen-bond donors (Lipinski definition) is 1. The van der Waals surface area contributed by atoms with Crippen LogP contribution < -0.4 is 5.32 Å². The summed E-state index contributed by atoms with van der Waals surface area (Å²) >= 11 is 5.72. The summed E-state index contributed by atoms with van der Waals surface area (Å²) in [7, 11) is 0. The summed E-state index contributed by atoms with van der Waals surface area (Å²) in [6, 6.07) is 7.19. The Kier molecular flexibility index (Phi) is 3.95. The maximum absolute atomic E-state index is 12.1. The third kappa shape index (κ3) is 3.10. The van der Waals surface area contributed by atoms with Gasteiger partial charge in [0.15, 0.2) is 0 Å². The number of nitrogens with one attached hydrogen (secondary N) is 1. The van der Waals surface area contributed by atoms with Crippen molar-refractivity contribution in [1.29, 1.82) is 0 Å². The van der Waals surface area contributed by atoms with Crippen molar-refractivity contribution in [2.45, 2.75) is 6.92 Å². The van der Waals surface area contributed by atoms with Crippen LogP contribution in [-0.4, -0.2) is 15.8 Å². The highest BCUT2D eigenvalue weighted by Crippen LogP contribution is 2.19. The molecule has 6 nitrogen and oxygen atoms in total. The third-order valence-corrected chi connectivity index (χ3v) is 2.86. The molecule has 0 atom stereocenters. The molecule has 102 valence electrons. The summed E-state index contributed by atoms with van der Waals surface area (Å²) in [5.74, 6) is -0.361. The Labute approximate surface area is 119 Å². The van der Waals surface area contributed by atoms with Gasteiger partial charge >= 0.3 is 0 Å². The minimum absolute atomic E-state index is 0.0500. The summed E-state index contributed by atoms with van der Waals surface area (Å²) in [6.07, 6.45) is 1.47. The molecule has 1 aromatic carbocycles. The first kappa shape index (κ1) is 14.0. The van der Waals surface area contributed by atoms with E-state index in [1.165, 1.54) is 30.5 Å². The second kappa shape index (κ2) is 5.66. The normalized spacial score (nSPS) is 10.1. The molecule has 0 fully saturated rings. The van der Waals surface area contributed by atoms with E-state index in [1.54, 1.807) is 13.0 Å². The number of carbonyl (C=O) groups excluding carboxylic acids is 1. The number of nitro benzene ring substituents is 1. The number of rotatable bonds is 3. The number of benzene rings is 1. The summed E-state index contributed by atoms with van der Waals surface area (Å²) < 4.78 is 0. The van der Waals surface area contributed by atoms with Crippen molar-refractivity contribution in [3.05, 3.63) is 62.9 Å². The first-order valence-electron chi connectivity index (χ1n) is 5.65. The molecule has 1 heterocycles. The van der Waals surface area contributed by atoms with Crippen LogP contribution in [0.25, 0.3) is 0 Å². The first-order valence-corrected chi connectivity index (χ1v) is 6.03. The van der Waals surface area contributed by atoms with Gasteiger partial charge < -0.3 is 5.32 Å². The van der Waals surface area contributed by atoms with Gasteiger partial charge in [-0.25, -0.2) is 4.98 Å². The van der Waals surface area contributed by atoms with Crippen LogP contribution in [0.1, 0.15) is 15.9 Å². The number of hydrogen-bond acceptors (Lipinski definition) is 4. The smallest absolute Gasteiger partial charge is 0.269 e. The topological polar surface area (TPSA) is 85.1 Å². The Hall–Kier alpha value is -2.47. The van der Waals surface area contributed by atoms with Crippen molar-refractivity contribution >= 4 is 28.9 Å². The molecule has 7 heteroatoms. The van der Waals surface area contributed by atoms with Crippen LogP contribution in [0, 0.1) is 17.0 Å². The SMILES string of the molecule is Cc1cc([N+](=O)[O-])ccc1C(=O)Nc1ccnc(Cl)c1. The van der Waals surface area contributed by atoms with Gasteiger partial charge in [-0.3, -0.25) is 14.9 Å². The third-order valence-electron chi connectivity index (χ3n) is 2.65. The van der Waals surface area contributed by atoms with Crippen LogP contribution in [0.4, 0.5) is 11.4 Å². The fraction of sp³-hybridized carbons (Fsp3) is 0.0769. The fourth-order valence-corrected chi connectivity index (χ4v) is 1.87. The number of halogens is 1. The van der Waals surface area contributed by atoms with Crippen molar-refractivity contribution < 1.29 is 9.72 Å². The summed E-state index contributed by atoms with van der Waals surface area (Å²) in [6.45, 7) is 1.64. The second-order valence-electron chi connectivity index (χ2n) is 4.08. The molecule has 0 radical (unpaired) electrons. The maximum atomic E-state index is 12.1. The zero-order valence-corrected chi connectivity index (χ0v) is 11.2. The average Bonchev–Trinajstić information content (AvgIpc) is 2.38. The standard InChI is InChI=1S/C13H10ClN3O3/c1-8-6-10(17(19)20)2-3-11(8)13(18)16-9-4-5-15-12(14)7-9/h2-7H,1H3,(H,15,16,18). The van der Waals surface area contributed by atoms with Gasteiger partial charge in [0, 0.05) is 29.6 Å². The molecule has 0 unspecified atom stereocenters. The zero-order chi connectivity index (χ0) is 14.7. The number of aryl methyl sites for hydroxylation is 1. The van der Waals surface area contributed by atoms with Gasteiger partial charge in [0.2, 0.25) is 0 Å². The van der Waals surface area contributed by atoms with E-state index >= 15 is 0 Å². The highest BCUT2D eigenvalue weighted by Gasteiger charge is 2.13. The van der Waals surface area contributed by atoms with E-state index < -0.39 is 4.92 Å². The molecular formula is C13H10ClN3O3. The summed E-state index contributed by atoms with van der Waals surface area (Å²) in [5, 5.41) is 13.6. The van der Waals surface area contributed by atoms with Crippen molar-refractivity contribution in [1.82, 2.24) is 4.98 Å². The van der Waals surface area contributed by atoms with E-state index in [9.17, 15) is 14.9 Å². The first-order chi connectivity index (χ1) is 9.47. The zero-order valence-electron chi connectivity index (χ0n) is 10.5. The number of amides is 1. The monoisotopic (exact) mass is 291 g/mol. The van der Waals surface area contributed by atoms with E-state index in [1.807, 2.05) is 0 Å². The molecular weight excluding hydrogens is 282 g/mol. The van der Waals surface area contributed by atoms with Crippen LogP contribution in [0.15, 0.2) is 36.5 Å². The van der Waals surface area contributed by atoms with Gasteiger partial charge in [0.25, 0.3) is 11.6 Å². The number of anilines is 1. The second-order valence-corrected chi connectivity index (χ2v) is 4.46. The lowest BCUT2D eigenvalue weighted by Crippen LogP contribution is -2.13. The Morgan fingerprint density at radius 3 is 2.70 bits per heavy atom. The van der Waals surface area contributed by atoms with Gasteiger partial charge in [-0.15, -0.1) is 0 Å². The molecule has 0 aliphatic rings. The van der Waals surface area contributed by atoms with E-state index in [-0.39, 0.29) is 16.7 Å². The van der Waals surface area contributed by atoms with E-state index in [0.717, 1.165) is 0 Å². The minimum atomic E-state index is -0.503. The lowest BCUT2D eigenvalue weighted by molar-refractivity contribution is -0.384. The Morgan fingerprint density at radius 1 is 1.35 bits per heavy atom. The molecule has 1 amide bonds. The van der Waals surface area contributed by atoms with E-state index in [4.69, 9.17) is 11.6 Å². The summed E-state index contributed by atoms with van der Waals surface area (Å²) in [5.41, 5.74) is 1.35. The van der Waals surface area contributed by atoms with Crippen LogP contribution >= 0.6 is 11.6 Å². The highest BCUT2D eigenvalue weighted by molar-refractivity contribution is 6.29. The number of nitrogens with zero attached hydrogens (tertiary/aromatic N) is 2. The number of aromatic nitrogens is 1. The lowest BCUT2D eigenvalue weighted by atomic mass is 10.1. The van der Waals surface area contributed by atoms with Crippen molar-refractivity contribution in [3.63, 3.8) is 0 Å². The number of pyridine rings is 1. The number of carbonyl (C=O) groups is 1. The van der Waals surface area contributed by atoms with Crippen LogP contribution in [0.3, 0.4) is 0 Å². The number of non-ortho nitro benzene ring substituents is 1. The molecule has 1 aromatic heterocycles. The van der Waals surface area contributed by atoms with Crippen LogP contribution in [0.5, 0.6) is 0 Å². The highest BCUT2D eigenvalue weighted by atomic mass is 35.5. The van der Waals surface area contributed by atoms with E-state index in [0.29, 0.717) is 16.8 Å². The van der Waals surface area contributed by atoms with Crippen molar-refractivity contribution in [3.8, 4) is 0 Å². The van der Waals surface area contributed by atoms with Crippen LogP contribution in [0.2, 0.25) is 5.15 Å². The molecule has 0 spiro atoms. The quantitative estimate of drug-likeness (QED) is 0.534. The maximum Gasteiger partial charge on any atom is 0.269 e. The molecule has 0 aliphatic heterocycles. The lowest BCUT2D eigenvalue weighted by Gasteiger charge is -2.07. The average molecular weight is 292 g/mol. The summed E-state index contributed by atoms with van der Waals surface area (Å²) in [4.78, 5) is 26.0. The van der Waals surface area contributed by atoms with Crippen molar-refractivity contribution in [2.75, 3.05) is 5.32 Å². The molecule has 0 saturated heterocycles. The van der Waals surface area contributed by atoms with Gasteiger partial charge in [-0.1, -0.05) is 11.6 Å². The van der Waals surface area contributed by atoms with Gasteiger partial charge in [-0.2, -0.15) is 0 Å². The Morgan fingerprint density at radius 2 is 2.10 bits per heavy atom. The molecule has 2 aromatic rings.